The first-order valence-corrected chi connectivity index (χ1v) is 14.6. The van der Waals surface area contributed by atoms with Crippen LogP contribution in [-0.2, 0) is 37.1 Å². The van der Waals surface area contributed by atoms with Crippen molar-refractivity contribution in [3.05, 3.63) is 88.0 Å². The van der Waals surface area contributed by atoms with Gasteiger partial charge in [0.15, 0.2) is 0 Å². The van der Waals surface area contributed by atoms with Gasteiger partial charge in [-0.1, -0.05) is 0 Å². The molecule has 0 bridgehead atoms. The molecule has 0 amide bonds. The van der Waals surface area contributed by atoms with E-state index >= 15 is 0 Å². The Morgan fingerprint density at radius 2 is 0.395 bits per heavy atom. The second-order valence-electron chi connectivity index (χ2n) is 8.95. The van der Waals surface area contributed by atoms with Crippen molar-refractivity contribution in [1.82, 2.24) is 0 Å². The summed E-state index contributed by atoms with van der Waals surface area (Å²) in [7, 11) is 0. The molecule has 0 atom stereocenters. The Morgan fingerprint density at radius 1 is 0.256 bits per heavy atom. The fourth-order valence-electron chi connectivity index (χ4n) is 4.01. The van der Waals surface area contributed by atoms with Crippen LogP contribution in [0.4, 0.5) is 79.0 Å². The van der Waals surface area contributed by atoms with Crippen molar-refractivity contribution in [2.45, 2.75) is 37.1 Å². The van der Waals surface area contributed by atoms with Crippen molar-refractivity contribution in [2.24, 2.45) is 0 Å². The molecule has 3 rings (SSSR count). The molecule has 0 aliphatic heterocycles. The quantitative estimate of drug-likeness (QED) is 0.190. The Labute approximate surface area is 232 Å². The molecule has 0 aromatic heterocycles. The summed E-state index contributed by atoms with van der Waals surface area (Å²) in [5, 5.41) is 0. The molecule has 3 aromatic rings. The second-order valence-corrected chi connectivity index (χ2v) is 15.0. The molecule has 0 saturated heterocycles. The van der Waals surface area contributed by atoms with E-state index in [0.717, 1.165) is 0 Å². The van der Waals surface area contributed by atoms with Gasteiger partial charge in [0.2, 0.25) is 0 Å². The van der Waals surface area contributed by atoms with Crippen LogP contribution in [0.1, 0.15) is 33.4 Å². The number of rotatable bonds is 3. The van der Waals surface area contributed by atoms with Crippen LogP contribution in [0, 0.1) is 0 Å². The number of alkyl halides is 18. The van der Waals surface area contributed by atoms with E-state index in [1.54, 1.807) is 0 Å². The van der Waals surface area contributed by atoms with Gasteiger partial charge in [0.05, 0.1) is 0 Å². The second kappa shape index (κ2) is 10.9. The van der Waals surface area contributed by atoms with Crippen molar-refractivity contribution in [3.63, 3.8) is 0 Å². The predicted molar refractivity (Wildman–Crippen MR) is 114 cm³/mol. The first kappa shape index (κ1) is 34.5. The first-order valence-electron chi connectivity index (χ1n) is 11.0. The Hall–Kier alpha value is -2.96. The van der Waals surface area contributed by atoms with Gasteiger partial charge in [0.1, 0.15) is 0 Å². The topological polar surface area (TPSA) is 0 Å². The Bertz CT molecular complexity index is 1210. The predicted octanol–water partition coefficient (Wildman–Crippen LogP) is 8.32. The molecule has 0 aliphatic carbocycles. The van der Waals surface area contributed by atoms with Gasteiger partial charge in [-0.3, -0.25) is 0 Å². The molecular weight excluding hydrogens is 700 g/mol. The van der Waals surface area contributed by atoms with Crippen LogP contribution in [0.3, 0.4) is 0 Å². The standard InChI is InChI=1S/3C8H3F6.Ga/c3*9-7(10,11)5-2-1-3-6(4-5)8(12,13)14;/h3*2-4H;. The molecule has 0 spiro atoms. The minimum atomic E-state index is -5.64. The number of benzene rings is 3. The van der Waals surface area contributed by atoms with Gasteiger partial charge < -0.3 is 0 Å². The van der Waals surface area contributed by atoms with Gasteiger partial charge in [-0.25, -0.2) is 0 Å². The van der Waals surface area contributed by atoms with E-state index in [-0.39, 0.29) is 36.4 Å². The van der Waals surface area contributed by atoms with Gasteiger partial charge in [-0.2, -0.15) is 0 Å². The number of halogens is 18. The van der Waals surface area contributed by atoms with Crippen molar-refractivity contribution in [1.29, 1.82) is 0 Å². The summed E-state index contributed by atoms with van der Waals surface area (Å²) in [5.74, 6) is 0. The molecule has 234 valence electrons. The zero-order valence-corrected chi connectivity index (χ0v) is 22.5. The van der Waals surface area contributed by atoms with Gasteiger partial charge in [0, 0.05) is 0 Å². The third-order valence-electron chi connectivity index (χ3n) is 5.83. The SMILES string of the molecule is FC(F)(F)c1c[c]([Ga]([c]2cc(C(F)(F)F)cc(C(F)(F)F)c2)[c]2cc(C(F)(F)F)cc(C(F)(F)F)c2)cc(C(F)(F)F)c1. The van der Waals surface area contributed by atoms with E-state index in [1.807, 2.05) is 0 Å². The molecule has 0 N–H and O–H groups in total. The van der Waals surface area contributed by atoms with E-state index < -0.39 is 117 Å². The van der Waals surface area contributed by atoms with Crippen molar-refractivity contribution < 1.29 is 79.0 Å². The summed E-state index contributed by atoms with van der Waals surface area (Å²) in [6.45, 7) is 0. The Morgan fingerprint density at radius 3 is 0.512 bits per heavy atom. The van der Waals surface area contributed by atoms with E-state index in [0.29, 0.717) is 0 Å². The maximum atomic E-state index is 13.5. The van der Waals surface area contributed by atoms with Crippen LogP contribution in [-0.4, -0.2) is 16.2 Å². The zero-order chi connectivity index (χ0) is 33.1. The molecule has 0 radical (unpaired) electrons. The molecule has 3 aromatic carbocycles. The van der Waals surface area contributed by atoms with Crippen LogP contribution >= 0.6 is 0 Å². The summed E-state index contributed by atoms with van der Waals surface area (Å²) >= 11 is -5.62. The Kier molecular flexibility index (Phi) is 8.74. The zero-order valence-electron chi connectivity index (χ0n) is 20.1. The van der Waals surface area contributed by atoms with Crippen molar-refractivity contribution in [3.8, 4) is 0 Å². The Balaban J connectivity index is 2.60. The van der Waals surface area contributed by atoms with E-state index in [1.165, 1.54) is 0 Å². The molecule has 0 nitrogen and oxygen atoms in total. The number of hydrogen-bond donors (Lipinski definition) is 0. The van der Waals surface area contributed by atoms with Crippen molar-refractivity contribution >= 4 is 28.6 Å². The molecular formula is C24H9F18Ga. The van der Waals surface area contributed by atoms with Crippen LogP contribution in [0.25, 0.3) is 0 Å². The summed E-state index contributed by atoms with van der Waals surface area (Å²) in [6.07, 6.45) is -33.8. The third-order valence-corrected chi connectivity index (χ3v) is 12.1. The van der Waals surface area contributed by atoms with Crippen LogP contribution < -0.4 is 12.4 Å². The molecule has 0 unspecified atom stereocenters. The average Bonchev–Trinajstić information content (AvgIpc) is 2.80. The van der Waals surface area contributed by atoms with E-state index in [9.17, 15) is 79.0 Å². The molecule has 0 saturated carbocycles. The minimum absolute atomic E-state index is 0.152. The fourth-order valence-corrected chi connectivity index (χ4v) is 10.8. The first-order chi connectivity index (χ1) is 19.1. The molecule has 0 aliphatic rings. The summed E-state index contributed by atoms with van der Waals surface area (Å²) in [4.78, 5) is 0. The molecule has 0 fully saturated rings. The normalized spacial score (nSPS) is 13.8. The average molecular weight is 709 g/mol. The summed E-state index contributed by atoms with van der Waals surface area (Å²) in [5.41, 5.74) is -12.9. The maximum absolute atomic E-state index is 13.5. The van der Waals surface area contributed by atoms with E-state index in [4.69, 9.17) is 0 Å². The van der Waals surface area contributed by atoms with Gasteiger partial charge >= 0.3 is 233 Å². The summed E-state index contributed by atoms with van der Waals surface area (Å²) < 4.78 is 240. The van der Waals surface area contributed by atoms with E-state index in [2.05, 4.69) is 0 Å². The molecule has 0 heterocycles. The molecule has 43 heavy (non-hydrogen) atoms. The fraction of sp³-hybridized carbons (Fsp3) is 0.250. The van der Waals surface area contributed by atoms with Gasteiger partial charge in [-0.15, -0.1) is 0 Å². The number of hydrogen-bond acceptors (Lipinski definition) is 0. The van der Waals surface area contributed by atoms with Gasteiger partial charge in [0.25, 0.3) is 0 Å². The molecule has 19 heteroatoms. The monoisotopic (exact) mass is 708 g/mol. The van der Waals surface area contributed by atoms with Crippen LogP contribution in [0.5, 0.6) is 0 Å². The van der Waals surface area contributed by atoms with Crippen LogP contribution in [0.15, 0.2) is 54.6 Å². The van der Waals surface area contributed by atoms with Gasteiger partial charge in [-0.05, 0) is 0 Å². The van der Waals surface area contributed by atoms with Crippen molar-refractivity contribution in [2.75, 3.05) is 0 Å². The summed E-state index contributed by atoms with van der Waals surface area (Å²) in [6, 6.07) is -2.36. The third kappa shape index (κ3) is 8.15. The van der Waals surface area contributed by atoms with Crippen LogP contribution in [0.2, 0.25) is 0 Å².